The van der Waals surface area contributed by atoms with E-state index in [1.165, 1.54) is 0 Å². The molecule has 0 bridgehead atoms. The smallest absolute Gasteiger partial charge is 0.352 e. The number of aryl methyl sites for hydroxylation is 2. The monoisotopic (exact) mass is 449 g/mol. The minimum absolute atomic E-state index is 0.283. The highest BCUT2D eigenvalue weighted by Gasteiger charge is 2.19. The number of hydrogen-bond acceptors (Lipinski definition) is 2. The highest BCUT2D eigenvalue weighted by Crippen LogP contribution is 2.34. The maximum Gasteiger partial charge on any atom is 0.352 e. The van der Waals surface area contributed by atoms with Gasteiger partial charge in [-0.25, -0.2) is 4.79 Å². The van der Waals surface area contributed by atoms with E-state index in [0.29, 0.717) is 13.0 Å². The predicted octanol–water partition coefficient (Wildman–Crippen LogP) is 7.40. The number of benzene rings is 4. The number of H-pyrrole nitrogens is 1. The van der Waals surface area contributed by atoms with Gasteiger partial charge in [0, 0.05) is 16.3 Å². The van der Waals surface area contributed by atoms with E-state index in [2.05, 4.69) is 48.3 Å². The fraction of sp³-hybridized carbons (Fsp3) is 0.167. The lowest BCUT2D eigenvalue weighted by Crippen LogP contribution is -2.03. The van der Waals surface area contributed by atoms with Crippen molar-refractivity contribution in [3.63, 3.8) is 0 Å². The number of aromatic carboxylic acids is 1. The van der Waals surface area contributed by atoms with Gasteiger partial charge in [-0.3, -0.25) is 0 Å². The molecular formula is C30H27NO3. The second-order valence-corrected chi connectivity index (χ2v) is 8.61. The van der Waals surface area contributed by atoms with Crippen LogP contribution in [-0.4, -0.2) is 22.7 Å². The van der Waals surface area contributed by atoms with Gasteiger partial charge in [-0.15, -0.1) is 0 Å². The minimum atomic E-state index is -0.922. The van der Waals surface area contributed by atoms with Crippen LogP contribution in [0.4, 0.5) is 0 Å². The Kier molecular flexibility index (Phi) is 6.05. The number of hydrogen-bond donors (Lipinski definition) is 2. The van der Waals surface area contributed by atoms with E-state index >= 15 is 0 Å². The summed E-state index contributed by atoms with van der Waals surface area (Å²) in [4.78, 5) is 15.3. The maximum absolute atomic E-state index is 12.0. The van der Waals surface area contributed by atoms with Crippen molar-refractivity contribution in [2.45, 2.75) is 26.2 Å². The molecule has 0 saturated carbocycles. The normalized spacial score (nSPS) is 11.2. The first kappa shape index (κ1) is 21.8. The first-order valence-electron chi connectivity index (χ1n) is 11.7. The highest BCUT2D eigenvalue weighted by atomic mass is 16.5. The molecule has 0 spiro atoms. The number of carboxylic acid groups (broad SMARTS) is 1. The molecule has 0 aliphatic heterocycles. The summed E-state index contributed by atoms with van der Waals surface area (Å²) in [6.07, 6.45) is 2.36. The van der Waals surface area contributed by atoms with Crippen molar-refractivity contribution in [2.24, 2.45) is 0 Å². The first-order valence-corrected chi connectivity index (χ1v) is 11.7. The molecule has 170 valence electrons. The molecule has 0 amide bonds. The molecule has 4 aromatic carbocycles. The van der Waals surface area contributed by atoms with Crippen molar-refractivity contribution in [1.82, 2.24) is 4.98 Å². The highest BCUT2D eigenvalue weighted by molar-refractivity contribution is 6.03. The average molecular weight is 450 g/mol. The van der Waals surface area contributed by atoms with E-state index in [9.17, 15) is 9.90 Å². The van der Waals surface area contributed by atoms with Crippen LogP contribution >= 0.6 is 0 Å². The summed E-state index contributed by atoms with van der Waals surface area (Å²) in [5, 5.41) is 13.1. The summed E-state index contributed by atoms with van der Waals surface area (Å²) in [5.74, 6) is -0.0340. The molecule has 0 unspecified atom stereocenters. The lowest BCUT2D eigenvalue weighted by atomic mass is 9.97. The molecule has 4 heteroatoms. The minimum Gasteiger partial charge on any atom is -0.493 e. The second kappa shape index (κ2) is 9.44. The van der Waals surface area contributed by atoms with Gasteiger partial charge < -0.3 is 14.8 Å². The number of fused-ring (bicyclic) bond motifs is 2. The number of rotatable bonds is 8. The number of para-hydroxylation sites is 1. The quantitative estimate of drug-likeness (QED) is 0.243. The summed E-state index contributed by atoms with van der Waals surface area (Å²) in [6, 6.07) is 28.5. The molecule has 4 nitrogen and oxygen atoms in total. The molecule has 0 fully saturated rings. The fourth-order valence-electron chi connectivity index (χ4n) is 4.72. The van der Waals surface area contributed by atoms with Crippen LogP contribution in [0, 0.1) is 6.92 Å². The van der Waals surface area contributed by atoms with Gasteiger partial charge >= 0.3 is 5.97 Å². The Morgan fingerprint density at radius 3 is 2.38 bits per heavy atom. The zero-order valence-corrected chi connectivity index (χ0v) is 19.2. The summed E-state index contributed by atoms with van der Waals surface area (Å²) in [7, 11) is 0. The van der Waals surface area contributed by atoms with Gasteiger partial charge in [-0.1, -0.05) is 78.9 Å². The van der Waals surface area contributed by atoms with Crippen molar-refractivity contribution in [2.75, 3.05) is 6.61 Å². The topological polar surface area (TPSA) is 62.3 Å². The number of carboxylic acids is 1. The van der Waals surface area contributed by atoms with Crippen molar-refractivity contribution in [1.29, 1.82) is 0 Å². The number of ether oxygens (including phenoxy) is 1. The predicted molar refractivity (Wildman–Crippen MR) is 138 cm³/mol. The van der Waals surface area contributed by atoms with Crippen LogP contribution in [0.3, 0.4) is 0 Å². The van der Waals surface area contributed by atoms with E-state index in [0.717, 1.165) is 62.5 Å². The number of carbonyl (C=O) groups is 1. The second-order valence-electron chi connectivity index (χ2n) is 8.61. The number of nitrogens with one attached hydrogen (secondary N) is 1. The van der Waals surface area contributed by atoms with Crippen LogP contribution < -0.4 is 4.74 Å². The maximum atomic E-state index is 12.0. The van der Waals surface area contributed by atoms with Crippen molar-refractivity contribution >= 4 is 27.6 Å². The van der Waals surface area contributed by atoms with Crippen LogP contribution in [0.5, 0.6) is 5.75 Å². The fourth-order valence-corrected chi connectivity index (χ4v) is 4.72. The van der Waals surface area contributed by atoms with Gasteiger partial charge in [-0.05, 0) is 54.3 Å². The lowest BCUT2D eigenvalue weighted by molar-refractivity contribution is 0.0690. The molecule has 5 aromatic rings. The first-order chi connectivity index (χ1) is 16.6. The standard InChI is InChI=1S/C30H27NO3/c1-20-10-2-4-13-22(20)24-16-9-17-25-26(29(30(32)33)31-28(24)25)15-6-7-19-34-27-18-8-12-21-11-3-5-14-23(21)27/h2-5,8-14,16-18,31H,6-7,15,19H2,1H3,(H,32,33). The van der Waals surface area contributed by atoms with Gasteiger partial charge in [0.25, 0.3) is 0 Å². The molecule has 2 N–H and O–H groups in total. The molecule has 0 radical (unpaired) electrons. The summed E-state index contributed by atoms with van der Waals surface area (Å²) >= 11 is 0. The summed E-state index contributed by atoms with van der Waals surface area (Å²) in [6.45, 7) is 2.67. The average Bonchev–Trinajstić information content (AvgIpc) is 3.23. The Labute approximate surface area is 198 Å². The van der Waals surface area contributed by atoms with Crippen LogP contribution in [-0.2, 0) is 6.42 Å². The molecule has 5 rings (SSSR count). The van der Waals surface area contributed by atoms with Crippen molar-refractivity contribution < 1.29 is 14.6 Å². The molecule has 1 aromatic heterocycles. The third kappa shape index (κ3) is 4.15. The number of aromatic amines is 1. The van der Waals surface area contributed by atoms with Crippen molar-refractivity contribution in [3.05, 3.63) is 102 Å². The summed E-state index contributed by atoms with van der Waals surface area (Å²) < 4.78 is 6.07. The molecule has 0 atom stereocenters. The number of aromatic nitrogens is 1. The Bertz CT molecular complexity index is 1480. The largest absolute Gasteiger partial charge is 0.493 e. The van der Waals surface area contributed by atoms with E-state index < -0.39 is 5.97 Å². The van der Waals surface area contributed by atoms with E-state index in [1.807, 2.05) is 48.5 Å². The van der Waals surface area contributed by atoms with Gasteiger partial charge in [0.15, 0.2) is 0 Å². The van der Waals surface area contributed by atoms with Gasteiger partial charge in [0.2, 0.25) is 0 Å². The third-order valence-corrected chi connectivity index (χ3v) is 6.42. The molecule has 34 heavy (non-hydrogen) atoms. The van der Waals surface area contributed by atoms with Crippen LogP contribution in [0.2, 0.25) is 0 Å². The van der Waals surface area contributed by atoms with Gasteiger partial charge in [0.1, 0.15) is 11.4 Å². The Morgan fingerprint density at radius 2 is 1.53 bits per heavy atom. The molecule has 0 saturated heterocycles. The van der Waals surface area contributed by atoms with Crippen molar-refractivity contribution in [3.8, 4) is 16.9 Å². The molecule has 1 heterocycles. The zero-order chi connectivity index (χ0) is 23.5. The molecule has 0 aliphatic carbocycles. The Morgan fingerprint density at radius 1 is 0.824 bits per heavy atom. The van der Waals surface area contributed by atoms with Crippen LogP contribution in [0.25, 0.3) is 32.8 Å². The molecule has 0 aliphatic rings. The lowest BCUT2D eigenvalue weighted by Gasteiger charge is -2.09. The van der Waals surface area contributed by atoms with Crippen LogP contribution in [0.15, 0.2) is 84.9 Å². The SMILES string of the molecule is Cc1ccccc1-c1cccc2c(CCCCOc3cccc4ccccc34)c(C(=O)O)[nH]c12. The van der Waals surface area contributed by atoms with E-state index in [1.54, 1.807) is 0 Å². The zero-order valence-electron chi connectivity index (χ0n) is 19.2. The van der Waals surface area contributed by atoms with E-state index in [4.69, 9.17) is 4.74 Å². The molecular weight excluding hydrogens is 422 g/mol. The van der Waals surface area contributed by atoms with Gasteiger partial charge in [-0.2, -0.15) is 0 Å². The Hall–Kier alpha value is -4.05. The van der Waals surface area contributed by atoms with E-state index in [-0.39, 0.29) is 5.69 Å². The number of unbranched alkanes of at least 4 members (excludes halogenated alkanes) is 1. The van der Waals surface area contributed by atoms with Gasteiger partial charge in [0.05, 0.1) is 12.1 Å². The Balaban J connectivity index is 1.34. The summed E-state index contributed by atoms with van der Waals surface area (Å²) in [5.41, 5.74) is 5.34. The van der Waals surface area contributed by atoms with Crippen LogP contribution in [0.1, 0.15) is 34.5 Å². The third-order valence-electron chi connectivity index (χ3n) is 6.42.